The van der Waals surface area contributed by atoms with Crippen LogP contribution in [0, 0.1) is 0 Å². The number of ether oxygens (including phenoxy) is 1. The first-order chi connectivity index (χ1) is 4.00. The summed E-state index contributed by atoms with van der Waals surface area (Å²) in [6, 6.07) is 0. The van der Waals surface area contributed by atoms with Gasteiger partial charge in [0, 0.05) is 6.61 Å². The Bertz CT molecular complexity index is 66.5. The molecule has 8 heavy (non-hydrogen) atoms. The molecule has 0 unspecified atom stereocenters. The standard InChI is InChI=1S/C7H12O/c1-2-4-6-8-7-5-3-1/h1-2H,3-7H2/b2-1+. The van der Waals surface area contributed by atoms with E-state index in [9.17, 15) is 0 Å². The van der Waals surface area contributed by atoms with E-state index >= 15 is 0 Å². The molecule has 1 rings (SSSR count). The summed E-state index contributed by atoms with van der Waals surface area (Å²) in [5.41, 5.74) is 0. The predicted octanol–water partition coefficient (Wildman–Crippen LogP) is 1.74. The van der Waals surface area contributed by atoms with E-state index in [2.05, 4.69) is 12.2 Å². The fourth-order valence-corrected chi connectivity index (χ4v) is 0.792. The van der Waals surface area contributed by atoms with Gasteiger partial charge in [0.25, 0.3) is 0 Å². The van der Waals surface area contributed by atoms with Crippen molar-refractivity contribution in [2.75, 3.05) is 13.2 Å². The summed E-state index contributed by atoms with van der Waals surface area (Å²) in [5.74, 6) is 0. The highest BCUT2D eigenvalue weighted by molar-refractivity contribution is 4.82. The van der Waals surface area contributed by atoms with Crippen LogP contribution in [0.5, 0.6) is 0 Å². The molecule has 0 aromatic carbocycles. The van der Waals surface area contributed by atoms with Gasteiger partial charge in [0.2, 0.25) is 0 Å². The van der Waals surface area contributed by atoms with Crippen molar-refractivity contribution < 1.29 is 4.74 Å². The summed E-state index contributed by atoms with van der Waals surface area (Å²) in [4.78, 5) is 0. The quantitative estimate of drug-likeness (QED) is 0.434. The molecule has 1 heteroatoms. The molecule has 0 aliphatic carbocycles. The van der Waals surface area contributed by atoms with Crippen molar-refractivity contribution in [3.8, 4) is 0 Å². The maximum atomic E-state index is 5.22. The van der Waals surface area contributed by atoms with Crippen molar-refractivity contribution in [3.05, 3.63) is 12.2 Å². The number of hydrogen-bond donors (Lipinski definition) is 0. The lowest BCUT2D eigenvalue weighted by atomic mass is 10.2. The topological polar surface area (TPSA) is 9.23 Å². The molecular formula is C7H12O. The van der Waals surface area contributed by atoms with E-state index in [1.54, 1.807) is 0 Å². The molecule has 0 spiro atoms. The third-order valence-electron chi connectivity index (χ3n) is 1.25. The van der Waals surface area contributed by atoms with Gasteiger partial charge < -0.3 is 4.74 Å². The summed E-state index contributed by atoms with van der Waals surface area (Å²) in [6.45, 7) is 1.86. The van der Waals surface area contributed by atoms with Crippen LogP contribution in [-0.2, 0) is 4.74 Å². The van der Waals surface area contributed by atoms with E-state index in [0.29, 0.717) is 0 Å². The third-order valence-corrected chi connectivity index (χ3v) is 1.25. The monoisotopic (exact) mass is 112 g/mol. The molecule has 1 heterocycles. The van der Waals surface area contributed by atoms with Crippen LogP contribution in [0.25, 0.3) is 0 Å². The Morgan fingerprint density at radius 1 is 1.00 bits per heavy atom. The van der Waals surface area contributed by atoms with Crippen molar-refractivity contribution >= 4 is 0 Å². The van der Waals surface area contributed by atoms with E-state index in [1.165, 1.54) is 12.8 Å². The molecule has 0 radical (unpaired) electrons. The van der Waals surface area contributed by atoms with Crippen molar-refractivity contribution in [1.82, 2.24) is 0 Å². The molecular weight excluding hydrogens is 100 g/mol. The highest BCUT2D eigenvalue weighted by atomic mass is 16.5. The van der Waals surface area contributed by atoms with Crippen molar-refractivity contribution in [3.63, 3.8) is 0 Å². The van der Waals surface area contributed by atoms with Gasteiger partial charge in [0.15, 0.2) is 0 Å². The van der Waals surface area contributed by atoms with Gasteiger partial charge in [-0.25, -0.2) is 0 Å². The Morgan fingerprint density at radius 3 is 2.88 bits per heavy atom. The second-order valence-electron chi connectivity index (χ2n) is 2.01. The zero-order valence-corrected chi connectivity index (χ0v) is 5.10. The Hall–Kier alpha value is -0.300. The summed E-state index contributed by atoms with van der Waals surface area (Å²) in [7, 11) is 0. The highest BCUT2D eigenvalue weighted by Crippen LogP contribution is 1.98. The van der Waals surface area contributed by atoms with E-state index in [0.717, 1.165) is 19.6 Å². The first kappa shape index (κ1) is 5.83. The van der Waals surface area contributed by atoms with Gasteiger partial charge in [0.05, 0.1) is 6.61 Å². The molecule has 0 aromatic heterocycles. The third kappa shape index (κ3) is 2.12. The van der Waals surface area contributed by atoms with Crippen molar-refractivity contribution in [2.24, 2.45) is 0 Å². The molecule has 0 aromatic rings. The van der Waals surface area contributed by atoms with Gasteiger partial charge >= 0.3 is 0 Å². The van der Waals surface area contributed by atoms with Gasteiger partial charge in [-0.05, 0) is 19.3 Å². The molecule has 1 nitrogen and oxygen atoms in total. The smallest absolute Gasteiger partial charge is 0.0500 e. The average molecular weight is 112 g/mol. The van der Waals surface area contributed by atoms with Crippen LogP contribution in [0.15, 0.2) is 12.2 Å². The minimum absolute atomic E-state index is 0.913. The van der Waals surface area contributed by atoms with Gasteiger partial charge in [-0.15, -0.1) is 0 Å². The van der Waals surface area contributed by atoms with Gasteiger partial charge in [-0.1, -0.05) is 12.2 Å². The normalized spacial score (nSPS) is 26.0. The molecule has 0 fully saturated rings. The Balaban J connectivity index is 2.17. The van der Waals surface area contributed by atoms with Crippen LogP contribution in [0.2, 0.25) is 0 Å². The van der Waals surface area contributed by atoms with E-state index in [4.69, 9.17) is 4.74 Å². The van der Waals surface area contributed by atoms with Crippen LogP contribution >= 0.6 is 0 Å². The fourth-order valence-electron chi connectivity index (χ4n) is 0.792. The first-order valence-electron chi connectivity index (χ1n) is 3.23. The Labute approximate surface area is 50.3 Å². The molecule has 0 bridgehead atoms. The van der Waals surface area contributed by atoms with Crippen LogP contribution in [0.3, 0.4) is 0 Å². The second kappa shape index (κ2) is 3.67. The highest BCUT2D eigenvalue weighted by Gasteiger charge is 1.89. The zero-order chi connectivity index (χ0) is 5.66. The summed E-state index contributed by atoms with van der Waals surface area (Å²) in [5, 5.41) is 0. The molecule has 0 saturated heterocycles. The van der Waals surface area contributed by atoms with E-state index in [-0.39, 0.29) is 0 Å². The minimum atomic E-state index is 0.913. The molecule has 0 amide bonds. The molecule has 46 valence electrons. The van der Waals surface area contributed by atoms with Crippen molar-refractivity contribution in [1.29, 1.82) is 0 Å². The summed E-state index contributed by atoms with van der Waals surface area (Å²) in [6.07, 6.45) is 7.91. The minimum Gasteiger partial charge on any atom is -0.381 e. The molecule has 1 aliphatic rings. The maximum Gasteiger partial charge on any atom is 0.0500 e. The molecule has 0 N–H and O–H groups in total. The van der Waals surface area contributed by atoms with Crippen LogP contribution < -0.4 is 0 Å². The average Bonchev–Trinajstić information content (AvgIpc) is 1.62. The Kier molecular flexibility index (Phi) is 2.68. The largest absolute Gasteiger partial charge is 0.381 e. The number of allylic oxidation sites excluding steroid dienone is 1. The number of rotatable bonds is 0. The summed E-state index contributed by atoms with van der Waals surface area (Å²) < 4.78 is 5.22. The second-order valence-corrected chi connectivity index (χ2v) is 2.01. The lowest BCUT2D eigenvalue weighted by Crippen LogP contribution is -1.97. The SMILES string of the molecule is C1=C/CCOCCC/1. The zero-order valence-electron chi connectivity index (χ0n) is 5.10. The molecule has 0 saturated carbocycles. The van der Waals surface area contributed by atoms with Gasteiger partial charge in [0.1, 0.15) is 0 Å². The van der Waals surface area contributed by atoms with Crippen molar-refractivity contribution in [2.45, 2.75) is 19.3 Å². The van der Waals surface area contributed by atoms with Crippen LogP contribution in [0.4, 0.5) is 0 Å². The van der Waals surface area contributed by atoms with Crippen LogP contribution in [-0.4, -0.2) is 13.2 Å². The lowest BCUT2D eigenvalue weighted by molar-refractivity contribution is 0.134. The predicted molar refractivity (Wildman–Crippen MR) is 33.8 cm³/mol. The first-order valence-corrected chi connectivity index (χ1v) is 3.23. The molecule has 0 atom stereocenters. The fraction of sp³-hybridized carbons (Fsp3) is 0.714. The van der Waals surface area contributed by atoms with Gasteiger partial charge in [-0.2, -0.15) is 0 Å². The molecule has 1 aliphatic heterocycles. The summed E-state index contributed by atoms with van der Waals surface area (Å²) >= 11 is 0. The van der Waals surface area contributed by atoms with Crippen LogP contribution in [0.1, 0.15) is 19.3 Å². The number of hydrogen-bond acceptors (Lipinski definition) is 1. The van der Waals surface area contributed by atoms with Gasteiger partial charge in [-0.3, -0.25) is 0 Å². The van der Waals surface area contributed by atoms with E-state index in [1.807, 2.05) is 0 Å². The lowest BCUT2D eigenvalue weighted by Gasteiger charge is -2.02. The maximum absolute atomic E-state index is 5.22. The van der Waals surface area contributed by atoms with E-state index < -0.39 is 0 Å². The Morgan fingerprint density at radius 2 is 1.88 bits per heavy atom.